The maximum atomic E-state index is 5.78. The Labute approximate surface area is 134 Å². The van der Waals surface area contributed by atoms with Crippen molar-refractivity contribution in [3.8, 4) is 11.6 Å². The highest BCUT2D eigenvalue weighted by molar-refractivity contribution is 5.80. The molecule has 0 atom stereocenters. The summed E-state index contributed by atoms with van der Waals surface area (Å²) in [6.07, 6.45) is 5.62. The van der Waals surface area contributed by atoms with E-state index in [2.05, 4.69) is 9.97 Å². The summed E-state index contributed by atoms with van der Waals surface area (Å²) in [5, 5.41) is 1.10. The lowest BCUT2D eigenvalue weighted by Gasteiger charge is -1.98. The van der Waals surface area contributed by atoms with Crippen molar-refractivity contribution in [1.82, 2.24) is 9.97 Å². The van der Waals surface area contributed by atoms with E-state index < -0.39 is 0 Å². The van der Waals surface area contributed by atoms with E-state index in [1.54, 1.807) is 6.20 Å². The largest absolute Gasteiger partial charge is 0.435 e. The first-order valence-electron chi connectivity index (χ1n) is 7.44. The highest BCUT2D eigenvalue weighted by atomic mass is 16.4. The molecule has 110 valence electrons. The second-order valence-electron chi connectivity index (χ2n) is 5.20. The lowest BCUT2D eigenvalue weighted by atomic mass is 10.2. The van der Waals surface area contributed by atoms with Gasteiger partial charge in [-0.2, -0.15) is 0 Å². The Bertz CT molecular complexity index is 971. The second kappa shape index (κ2) is 5.89. The van der Waals surface area contributed by atoms with Crippen LogP contribution in [-0.4, -0.2) is 9.97 Å². The van der Waals surface area contributed by atoms with E-state index in [-0.39, 0.29) is 0 Å². The van der Waals surface area contributed by atoms with Gasteiger partial charge in [0, 0.05) is 5.39 Å². The van der Waals surface area contributed by atoms with Crippen molar-refractivity contribution in [3.05, 3.63) is 84.3 Å². The van der Waals surface area contributed by atoms with Gasteiger partial charge in [-0.25, -0.2) is 9.97 Å². The summed E-state index contributed by atoms with van der Waals surface area (Å²) >= 11 is 0. The van der Waals surface area contributed by atoms with Gasteiger partial charge in [-0.05, 0) is 23.8 Å². The maximum Gasteiger partial charge on any atom is 0.245 e. The fourth-order valence-electron chi connectivity index (χ4n) is 2.41. The average Bonchev–Trinajstić information content (AvgIpc) is 3.09. The van der Waals surface area contributed by atoms with E-state index in [9.17, 15) is 0 Å². The Morgan fingerprint density at radius 1 is 0.783 bits per heavy atom. The standard InChI is InChI=1S/C20H14N2O/c1-2-6-15(7-3-1)10-12-17-14-21-20(23-17)19-13-11-16-8-4-5-9-18(16)22-19/h1-14H/b12-10+. The van der Waals surface area contributed by atoms with E-state index in [1.807, 2.05) is 78.9 Å². The van der Waals surface area contributed by atoms with Crippen LogP contribution >= 0.6 is 0 Å². The molecule has 2 heterocycles. The number of benzene rings is 2. The Balaban J connectivity index is 1.62. The first kappa shape index (κ1) is 13.5. The molecule has 2 aromatic carbocycles. The van der Waals surface area contributed by atoms with Gasteiger partial charge in [0.15, 0.2) is 0 Å². The summed E-state index contributed by atoms with van der Waals surface area (Å²) in [5.41, 5.74) is 2.79. The molecule has 0 aliphatic rings. The number of hydrogen-bond donors (Lipinski definition) is 0. The molecule has 0 aliphatic carbocycles. The minimum atomic E-state index is 0.531. The van der Waals surface area contributed by atoms with Crippen LogP contribution in [0.1, 0.15) is 11.3 Å². The summed E-state index contributed by atoms with van der Waals surface area (Å²) in [6.45, 7) is 0. The second-order valence-corrected chi connectivity index (χ2v) is 5.20. The average molecular weight is 298 g/mol. The predicted octanol–water partition coefficient (Wildman–Crippen LogP) is 5.06. The van der Waals surface area contributed by atoms with Gasteiger partial charge in [0.05, 0.1) is 11.7 Å². The number of fused-ring (bicyclic) bond motifs is 1. The molecule has 4 rings (SSSR count). The van der Waals surface area contributed by atoms with Gasteiger partial charge in [-0.3, -0.25) is 0 Å². The van der Waals surface area contributed by atoms with Crippen molar-refractivity contribution in [2.45, 2.75) is 0 Å². The predicted molar refractivity (Wildman–Crippen MR) is 92.6 cm³/mol. The van der Waals surface area contributed by atoms with Gasteiger partial charge in [-0.1, -0.05) is 60.7 Å². The number of hydrogen-bond acceptors (Lipinski definition) is 3. The van der Waals surface area contributed by atoms with E-state index in [0.29, 0.717) is 11.7 Å². The summed E-state index contributed by atoms with van der Waals surface area (Å²) in [7, 11) is 0. The van der Waals surface area contributed by atoms with Crippen molar-refractivity contribution in [1.29, 1.82) is 0 Å². The van der Waals surface area contributed by atoms with Gasteiger partial charge in [-0.15, -0.1) is 0 Å². The fourth-order valence-corrected chi connectivity index (χ4v) is 2.41. The van der Waals surface area contributed by atoms with Crippen molar-refractivity contribution in [2.24, 2.45) is 0 Å². The van der Waals surface area contributed by atoms with Crippen molar-refractivity contribution in [2.75, 3.05) is 0 Å². The zero-order valence-electron chi connectivity index (χ0n) is 12.4. The van der Waals surface area contributed by atoms with Crippen LogP contribution in [0.3, 0.4) is 0 Å². The third-order valence-electron chi connectivity index (χ3n) is 3.58. The molecular formula is C20H14N2O. The smallest absolute Gasteiger partial charge is 0.245 e. The molecule has 3 heteroatoms. The van der Waals surface area contributed by atoms with Gasteiger partial charge in [0.1, 0.15) is 11.5 Å². The van der Waals surface area contributed by atoms with Crippen LogP contribution in [0.5, 0.6) is 0 Å². The molecule has 0 N–H and O–H groups in total. The SMILES string of the molecule is C(=C\c1cnc(-c2ccc3ccccc3n2)o1)/c1ccccc1. The highest BCUT2D eigenvalue weighted by Crippen LogP contribution is 2.21. The maximum absolute atomic E-state index is 5.78. The van der Waals surface area contributed by atoms with Gasteiger partial charge in [0.25, 0.3) is 0 Å². The number of para-hydroxylation sites is 1. The first-order valence-corrected chi connectivity index (χ1v) is 7.44. The monoisotopic (exact) mass is 298 g/mol. The third kappa shape index (κ3) is 2.90. The molecule has 0 spiro atoms. The first-order chi connectivity index (χ1) is 11.4. The van der Waals surface area contributed by atoms with Crippen LogP contribution in [0.4, 0.5) is 0 Å². The lowest BCUT2D eigenvalue weighted by molar-refractivity contribution is 0.563. The summed E-state index contributed by atoms with van der Waals surface area (Å²) in [6, 6.07) is 22.0. The van der Waals surface area contributed by atoms with E-state index >= 15 is 0 Å². The van der Waals surface area contributed by atoms with Crippen molar-refractivity contribution in [3.63, 3.8) is 0 Å². The molecular weight excluding hydrogens is 284 g/mol. The molecule has 0 amide bonds. The Hall–Kier alpha value is -3.20. The zero-order chi connectivity index (χ0) is 15.5. The topological polar surface area (TPSA) is 38.9 Å². The number of pyridine rings is 1. The molecule has 23 heavy (non-hydrogen) atoms. The molecule has 3 nitrogen and oxygen atoms in total. The van der Waals surface area contributed by atoms with Gasteiger partial charge >= 0.3 is 0 Å². The summed E-state index contributed by atoms with van der Waals surface area (Å²) in [5.74, 6) is 1.24. The molecule has 2 aromatic heterocycles. The molecule has 0 radical (unpaired) electrons. The van der Waals surface area contributed by atoms with Crippen LogP contribution in [0.25, 0.3) is 34.6 Å². The minimum Gasteiger partial charge on any atom is -0.435 e. The van der Waals surface area contributed by atoms with Crippen LogP contribution in [-0.2, 0) is 0 Å². The van der Waals surface area contributed by atoms with E-state index in [4.69, 9.17) is 4.42 Å². The Kier molecular flexibility index (Phi) is 3.45. The lowest BCUT2D eigenvalue weighted by Crippen LogP contribution is -1.84. The molecule has 0 unspecified atom stereocenters. The van der Waals surface area contributed by atoms with Gasteiger partial charge in [0.2, 0.25) is 5.89 Å². The fraction of sp³-hybridized carbons (Fsp3) is 0. The zero-order valence-corrected chi connectivity index (χ0v) is 12.4. The quantitative estimate of drug-likeness (QED) is 0.530. The molecule has 0 saturated heterocycles. The van der Waals surface area contributed by atoms with Crippen LogP contribution in [0.15, 0.2) is 77.3 Å². The normalized spacial score (nSPS) is 11.3. The van der Waals surface area contributed by atoms with E-state index in [1.165, 1.54) is 0 Å². The number of rotatable bonds is 3. The number of oxazole rings is 1. The number of aromatic nitrogens is 2. The molecule has 0 aliphatic heterocycles. The third-order valence-corrected chi connectivity index (χ3v) is 3.58. The van der Waals surface area contributed by atoms with E-state index in [0.717, 1.165) is 22.2 Å². The van der Waals surface area contributed by atoms with Crippen LogP contribution in [0, 0.1) is 0 Å². The summed E-state index contributed by atoms with van der Waals surface area (Å²) in [4.78, 5) is 8.92. The Morgan fingerprint density at radius 3 is 2.52 bits per heavy atom. The molecule has 4 aromatic rings. The molecule has 0 saturated carbocycles. The highest BCUT2D eigenvalue weighted by Gasteiger charge is 2.07. The number of nitrogens with zero attached hydrogens (tertiary/aromatic N) is 2. The summed E-state index contributed by atoms with van der Waals surface area (Å²) < 4.78 is 5.78. The molecule has 0 bridgehead atoms. The van der Waals surface area contributed by atoms with Crippen molar-refractivity contribution >= 4 is 23.1 Å². The van der Waals surface area contributed by atoms with Crippen LogP contribution in [0.2, 0.25) is 0 Å². The minimum absolute atomic E-state index is 0.531. The Morgan fingerprint density at radius 2 is 1.61 bits per heavy atom. The van der Waals surface area contributed by atoms with Crippen LogP contribution < -0.4 is 0 Å². The molecule has 0 fully saturated rings. The van der Waals surface area contributed by atoms with Crippen molar-refractivity contribution < 1.29 is 4.42 Å². The van der Waals surface area contributed by atoms with Gasteiger partial charge < -0.3 is 4.42 Å².